The van der Waals surface area contributed by atoms with Gasteiger partial charge >= 0.3 is 0 Å². The minimum atomic E-state index is -0.0712. The van der Waals surface area contributed by atoms with E-state index >= 15 is 0 Å². The summed E-state index contributed by atoms with van der Waals surface area (Å²) in [5.74, 6) is 0. The highest BCUT2D eigenvalue weighted by atomic mass is 15.2. The third-order valence-corrected chi connectivity index (χ3v) is 12.0. The molecule has 0 fully saturated rings. The van der Waals surface area contributed by atoms with Crippen LogP contribution in [0.5, 0.6) is 0 Å². The van der Waals surface area contributed by atoms with Gasteiger partial charge in [-0.2, -0.15) is 0 Å². The van der Waals surface area contributed by atoms with E-state index < -0.39 is 0 Å². The molecule has 0 radical (unpaired) electrons. The summed E-state index contributed by atoms with van der Waals surface area (Å²) in [7, 11) is 0. The Hall–Kier alpha value is -7.16. The summed E-state index contributed by atoms with van der Waals surface area (Å²) in [6.07, 6.45) is 0. The lowest BCUT2D eigenvalue weighted by Gasteiger charge is -2.35. The predicted molar refractivity (Wildman–Crippen MR) is 246 cm³/mol. The molecule has 2 heteroatoms. The van der Waals surface area contributed by atoms with Gasteiger partial charge in [0.05, 0.1) is 11.7 Å². The molecular formula is C56H44N2. The van der Waals surface area contributed by atoms with Crippen molar-refractivity contribution in [3.05, 3.63) is 236 Å². The molecule has 0 bridgehead atoms. The van der Waals surface area contributed by atoms with Crippen LogP contribution in [0.2, 0.25) is 0 Å². The fourth-order valence-electron chi connectivity index (χ4n) is 9.15. The average molecular weight is 745 g/mol. The quantitative estimate of drug-likeness (QED) is 0.153. The largest absolute Gasteiger partial charge is 0.333 e. The monoisotopic (exact) mass is 744 g/mol. The van der Waals surface area contributed by atoms with Crippen molar-refractivity contribution < 1.29 is 0 Å². The van der Waals surface area contributed by atoms with Gasteiger partial charge in [-0.3, -0.25) is 0 Å². The highest BCUT2D eigenvalue weighted by Gasteiger charge is 2.45. The second-order valence-electron chi connectivity index (χ2n) is 15.8. The van der Waals surface area contributed by atoms with Crippen LogP contribution in [0, 0.1) is 0 Å². The second kappa shape index (κ2) is 14.7. The van der Waals surface area contributed by atoms with Crippen molar-refractivity contribution in [3.63, 3.8) is 0 Å². The smallest absolute Gasteiger partial charge is 0.0683 e. The molecule has 58 heavy (non-hydrogen) atoms. The predicted octanol–water partition coefficient (Wildman–Crippen LogP) is 15.5. The molecule has 9 aromatic carbocycles. The van der Waals surface area contributed by atoms with E-state index in [-0.39, 0.29) is 11.5 Å². The molecule has 1 heterocycles. The lowest BCUT2D eigenvalue weighted by Crippen LogP contribution is -2.30. The van der Waals surface area contributed by atoms with E-state index in [9.17, 15) is 0 Å². The van der Waals surface area contributed by atoms with Crippen LogP contribution in [0.3, 0.4) is 0 Å². The summed E-state index contributed by atoms with van der Waals surface area (Å²) in [6, 6.07) is 81.8. The zero-order valence-electron chi connectivity index (χ0n) is 32.8. The number of benzene rings is 9. The van der Waals surface area contributed by atoms with Gasteiger partial charge in [-0.25, -0.2) is 0 Å². The summed E-state index contributed by atoms with van der Waals surface area (Å²) in [6.45, 7) is 4.76. The van der Waals surface area contributed by atoms with E-state index in [2.05, 4.69) is 248 Å². The maximum Gasteiger partial charge on any atom is 0.0683 e. The van der Waals surface area contributed by atoms with Crippen molar-refractivity contribution in [1.82, 2.24) is 0 Å². The first-order valence-electron chi connectivity index (χ1n) is 20.2. The van der Waals surface area contributed by atoms with Crippen molar-refractivity contribution in [2.75, 3.05) is 9.80 Å². The second-order valence-corrected chi connectivity index (χ2v) is 15.8. The fraction of sp³-hybridized carbons (Fsp3) is 0.0714. The highest BCUT2D eigenvalue weighted by molar-refractivity contribution is 6.06. The van der Waals surface area contributed by atoms with Crippen LogP contribution in [0.4, 0.5) is 28.4 Å². The molecule has 9 aromatic rings. The van der Waals surface area contributed by atoms with Gasteiger partial charge < -0.3 is 9.80 Å². The summed E-state index contributed by atoms with van der Waals surface area (Å²) in [5, 5.41) is 2.41. The van der Waals surface area contributed by atoms with E-state index in [0.717, 1.165) is 17.1 Å². The number of para-hydroxylation sites is 1. The lowest BCUT2D eigenvalue weighted by molar-refractivity contribution is 0.449. The van der Waals surface area contributed by atoms with E-state index in [1.165, 1.54) is 66.7 Å². The first-order valence-corrected chi connectivity index (χ1v) is 20.2. The zero-order chi connectivity index (χ0) is 39.1. The number of hydrogen-bond acceptors (Lipinski definition) is 2. The minimum Gasteiger partial charge on any atom is -0.333 e. The summed E-state index contributed by atoms with van der Waals surface area (Å²) in [4.78, 5) is 4.94. The van der Waals surface area contributed by atoms with Crippen LogP contribution in [-0.2, 0) is 5.41 Å². The molecule has 2 nitrogen and oxygen atoms in total. The molecule has 0 aromatic heterocycles. The molecule has 1 unspecified atom stereocenters. The Labute approximate surface area is 341 Å². The summed E-state index contributed by atoms with van der Waals surface area (Å²) >= 11 is 0. The number of rotatable bonds is 8. The Balaban J connectivity index is 1.06. The van der Waals surface area contributed by atoms with E-state index in [1.54, 1.807) is 0 Å². The molecule has 1 aliphatic rings. The standard InChI is InChI=1S/C56H44N2/c1-56(2)52-24-14-15-25-54(52)58(55(56)45-20-10-5-11-21-45)48-36-30-44(31-37-48)49-38-39-53(51-23-13-12-22-50(49)51)57(46-32-26-42(27-33-46)40-16-6-3-7-17-40)47-34-28-43(29-35-47)41-18-8-4-9-19-41/h3-39,55H,1-2H3. The van der Waals surface area contributed by atoms with Gasteiger partial charge in [0.15, 0.2) is 0 Å². The summed E-state index contributed by atoms with van der Waals surface area (Å²) < 4.78 is 0. The molecular weight excluding hydrogens is 701 g/mol. The van der Waals surface area contributed by atoms with E-state index in [0.29, 0.717) is 0 Å². The third kappa shape index (κ3) is 6.24. The molecule has 0 aliphatic carbocycles. The normalized spacial score (nSPS) is 14.3. The number of fused-ring (bicyclic) bond motifs is 2. The van der Waals surface area contributed by atoms with Gasteiger partial charge in [0.2, 0.25) is 0 Å². The van der Waals surface area contributed by atoms with Crippen molar-refractivity contribution in [1.29, 1.82) is 0 Å². The van der Waals surface area contributed by atoms with Gasteiger partial charge in [-0.15, -0.1) is 0 Å². The van der Waals surface area contributed by atoms with Crippen LogP contribution in [0.25, 0.3) is 44.2 Å². The van der Waals surface area contributed by atoms with E-state index in [1.807, 2.05) is 0 Å². The van der Waals surface area contributed by atoms with Gasteiger partial charge in [-0.05, 0) is 98.4 Å². The highest BCUT2D eigenvalue weighted by Crippen LogP contribution is 2.56. The first kappa shape index (κ1) is 35.3. The Morgan fingerprint density at radius 1 is 0.397 bits per heavy atom. The Kier molecular flexibility index (Phi) is 8.96. The Bertz CT molecular complexity index is 2740. The maximum atomic E-state index is 2.54. The van der Waals surface area contributed by atoms with Gasteiger partial charge in [0, 0.05) is 33.6 Å². The van der Waals surface area contributed by atoms with Gasteiger partial charge in [0.25, 0.3) is 0 Å². The average Bonchev–Trinajstić information content (AvgIpc) is 3.54. The number of hydrogen-bond donors (Lipinski definition) is 0. The first-order chi connectivity index (χ1) is 28.5. The minimum absolute atomic E-state index is 0.0712. The number of nitrogens with zero attached hydrogens (tertiary/aromatic N) is 2. The van der Waals surface area contributed by atoms with Crippen molar-refractivity contribution in [3.8, 4) is 33.4 Å². The molecule has 0 saturated carbocycles. The van der Waals surface area contributed by atoms with Crippen molar-refractivity contribution >= 4 is 39.2 Å². The lowest BCUT2D eigenvalue weighted by atomic mass is 9.77. The zero-order valence-corrected chi connectivity index (χ0v) is 32.8. The maximum absolute atomic E-state index is 2.54. The topological polar surface area (TPSA) is 6.48 Å². The van der Waals surface area contributed by atoms with Crippen LogP contribution < -0.4 is 9.80 Å². The SMILES string of the molecule is CC1(C)c2ccccc2N(c2ccc(-c3ccc(N(c4ccc(-c5ccccc5)cc4)c4ccc(-c5ccccc5)cc4)c4ccccc34)cc2)C1c1ccccc1. The molecule has 0 amide bonds. The van der Waals surface area contributed by atoms with Gasteiger partial charge in [-0.1, -0.05) is 190 Å². The molecule has 0 spiro atoms. The summed E-state index contributed by atoms with van der Waals surface area (Å²) in [5.41, 5.74) is 15.7. The molecule has 0 saturated heterocycles. The molecule has 1 atom stereocenters. The molecule has 1 aliphatic heterocycles. The van der Waals surface area contributed by atoms with Crippen LogP contribution in [-0.4, -0.2) is 0 Å². The molecule has 278 valence electrons. The van der Waals surface area contributed by atoms with Crippen LogP contribution in [0.1, 0.15) is 31.0 Å². The van der Waals surface area contributed by atoms with Crippen LogP contribution >= 0.6 is 0 Å². The van der Waals surface area contributed by atoms with Crippen LogP contribution in [0.15, 0.2) is 224 Å². The van der Waals surface area contributed by atoms with Crippen molar-refractivity contribution in [2.24, 2.45) is 0 Å². The Morgan fingerprint density at radius 2 is 0.862 bits per heavy atom. The molecule has 10 rings (SSSR count). The number of anilines is 5. The Morgan fingerprint density at radius 3 is 1.45 bits per heavy atom. The fourth-order valence-corrected chi connectivity index (χ4v) is 9.15. The van der Waals surface area contributed by atoms with E-state index in [4.69, 9.17) is 0 Å². The van der Waals surface area contributed by atoms with Gasteiger partial charge in [0.1, 0.15) is 0 Å². The third-order valence-electron chi connectivity index (χ3n) is 12.0. The molecule has 0 N–H and O–H groups in total. The van der Waals surface area contributed by atoms with Crippen molar-refractivity contribution in [2.45, 2.75) is 25.3 Å².